The number of nitrogens with zero attached hydrogens (tertiary/aromatic N) is 1. The number of nitrogens with two attached hydrogens (primary N) is 1. The third-order valence-electron chi connectivity index (χ3n) is 3.89. The summed E-state index contributed by atoms with van der Waals surface area (Å²) < 4.78 is 0. The lowest BCUT2D eigenvalue weighted by Gasteiger charge is -2.27. The Morgan fingerprint density at radius 1 is 1.40 bits per heavy atom. The van der Waals surface area contributed by atoms with Crippen LogP contribution in [0.5, 0.6) is 0 Å². The number of thiazole rings is 1. The van der Waals surface area contributed by atoms with E-state index in [0.717, 1.165) is 10.6 Å². The number of carbonyl (C=O) groups is 1. The van der Waals surface area contributed by atoms with Gasteiger partial charge in [0.2, 0.25) is 5.78 Å². The van der Waals surface area contributed by atoms with E-state index in [9.17, 15) is 4.79 Å². The quantitative estimate of drug-likeness (QED) is 0.873. The lowest BCUT2D eigenvalue weighted by atomic mass is 9.77. The first-order valence-electron chi connectivity index (χ1n) is 7.01. The fourth-order valence-corrected chi connectivity index (χ4v) is 3.28. The minimum absolute atomic E-state index is 0.0237. The van der Waals surface area contributed by atoms with Crippen molar-refractivity contribution in [2.75, 3.05) is 0 Å². The van der Waals surface area contributed by atoms with Gasteiger partial charge < -0.3 is 5.73 Å². The van der Waals surface area contributed by atoms with Gasteiger partial charge in [-0.3, -0.25) is 4.79 Å². The molecular weight excluding hydrogens is 268 g/mol. The van der Waals surface area contributed by atoms with Gasteiger partial charge in [-0.2, -0.15) is 0 Å². The first kappa shape index (κ1) is 13.5. The summed E-state index contributed by atoms with van der Waals surface area (Å²) >= 11 is 1.46. The molecule has 104 valence electrons. The van der Waals surface area contributed by atoms with Crippen LogP contribution in [0.4, 0.5) is 0 Å². The third kappa shape index (κ3) is 2.41. The molecule has 0 aliphatic heterocycles. The highest BCUT2D eigenvalue weighted by Gasteiger charge is 2.25. The summed E-state index contributed by atoms with van der Waals surface area (Å²) in [6.07, 6.45) is 3.64. The minimum Gasteiger partial charge on any atom is -0.322 e. The van der Waals surface area contributed by atoms with Crippen molar-refractivity contribution in [1.29, 1.82) is 0 Å². The number of ketones is 1. The summed E-state index contributed by atoms with van der Waals surface area (Å²) in [4.78, 5) is 17.0. The van der Waals surface area contributed by atoms with E-state index in [1.54, 1.807) is 0 Å². The van der Waals surface area contributed by atoms with E-state index < -0.39 is 0 Å². The van der Waals surface area contributed by atoms with E-state index in [2.05, 4.69) is 11.1 Å². The topological polar surface area (TPSA) is 56.0 Å². The molecule has 1 aliphatic rings. The maximum atomic E-state index is 12.7. The van der Waals surface area contributed by atoms with Crippen LogP contribution < -0.4 is 5.73 Å². The Kier molecular flexibility index (Phi) is 3.68. The van der Waals surface area contributed by atoms with Crippen LogP contribution in [0.1, 0.15) is 64.8 Å². The Balaban J connectivity index is 1.93. The van der Waals surface area contributed by atoms with Crippen LogP contribution in [0, 0.1) is 0 Å². The van der Waals surface area contributed by atoms with E-state index >= 15 is 0 Å². The van der Waals surface area contributed by atoms with Crippen LogP contribution in [-0.2, 0) is 0 Å². The van der Waals surface area contributed by atoms with Gasteiger partial charge in [-0.15, -0.1) is 11.3 Å². The van der Waals surface area contributed by atoms with E-state index in [-0.39, 0.29) is 11.8 Å². The zero-order valence-electron chi connectivity index (χ0n) is 11.5. The summed E-state index contributed by atoms with van der Waals surface area (Å²) in [5.74, 6) is 0.567. The second kappa shape index (κ2) is 5.46. The Hall–Kier alpha value is -1.52. The van der Waals surface area contributed by atoms with Crippen LogP contribution >= 0.6 is 11.3 Å². The molecule has 0 bridgehead atoms. The van der Waals surface area contributed by atoms with Gasteiger partial charge in [0.1, 0.15) is 10.7 Å². The minimum atomic E-state index is -0.122. The van der Waals surface area contributed by atoms with Gasteiger partial charge >= 0.3 is 0 Å². The van der Waals surface area contributed by atoms with Gasteiger partial charge in [0.15, 0.2) is 0 Å². The van der Waals surface area contributed by atoms with Crippen molar-refractivity contribution in [2.24, 2.45) is 5.73 Å². The molecule has 0 spiro atoms. The number of rotatable bonds is 4. The number of aromatic nitrogens is 1. The highest BCUT2D eigenvalue weighted by atomic mass is 32.1. The lowest BCUT2D eigenvalue weighted by Crippen LogP contribution is -2.14. The molecule has 1 aromatic carbocycles. The van der Waals surface area contributed by atoms with E-state index in [4.69, 9.17) is 5.73 Å². The van der Waals surface area contributed by atoms with Crippen LogP contribution in [0.3, 0.4) is 0 Å². The van der Waals surface area contributed by atoms with Crippen molar-refractivity contribution >= 4 is 17.1 Å². The summed E-state index contributed by atoms with van der Waals surface area (Å²) in [7, 11) is 0. The molecule has 1 atom stereocenters. The third-order valence-corrected chi connectivity index (χ3v) is 4.94. The van der Waals surface area contributed by atoms with E-state index in [1.807, 2.05) is 30.5 Å². The van der Waals surface area contributed by atoms with Gasteiger partial charge in [-0.05, 0) is 31.2 Å². The first-order valence-corrected chi connectivity index (χ1v) is 7.89. The molecule has 1 fully saturated rings. The fraction of sp³-hybridized carbons (Fsp3) is 0.375. The molecular formula is C16H18N2OS. The van der Waals surface area contributed by atoms with Gasteiger partial charge in [0.05, 0.1) is 6.04 Å². The summed E-state index contributed by atoms with van der Waals surface area (Å²) in [6.45, 7) is 1.88. The van der Waals surface area contributed by atoms with Crippen LogP contribution in [0.2, 0.25) is 0 Å². The van der Waals surface area contributed by atoms with Crippen LogP contribution in [0.25, 0.3) is 0 Å². The summed E-state index contributed by atoms with van der Waals surface area (Å²) in [6, 6.07) is 7.81. The maximum Gasteiger partial charge on any atom is 0.212 e. The first-order chi connectivity index (χ1) is 9.66. The molecule has 1 aliphatic carbocycles. The molecule has 1 unspecified atom stereocenters. The molecule has 0 radical (unpaired) electrons. The van der Waals surface area contributed by atoms with Crippen molar-refractivity contribution in [3.05, 3.63) is 51.5 Å². The van der Waals surface area contributed by atoms with Crippen molar-refractivity contribution < 1.29 is 4.79 Å². The molecule has 4 heteroatoms. The van der Waals surface area contributed by atoms with Crippen molar-refractivity contribution in [3.8, 4) is 0 Å². The standard InChI is InChI=1S/C16H18N2OS/c1-10(17)16-18-14(9-20-16)15(19)13-8-3-2-7-12(13)11-5-4-6-11/h2-3,7-11H,4-6,17H2,1H3. The average Bonchev–Trinajstić information content (AvgIpc) is 2.86. The monoisotopic (exact) mass is 286 g/mol. The maximum absolute atomic E-state index is 12.7. The Morgan fingerprint density at radius 3 is 2.75 bits per heavy atom. The van der Waals surface area contributed by atoms with Gasteiger partial charge in [-0.25, -0.2) is 4.98 Å². The van der Waals surface area contributed by atoms with Gasteiger partial charge in [-0.1, -0.05) is 30.7 Å². The predicted molar refractivity (Wildman–Crippen MR) is 81.2 cm³/mol. The predicted octanol–water partition coefficient (Wildman–Crippen LogP) is 3.66. The largest absolute Gasteiger partial charge is 0.322 e. The molecule has 3 rings (SSSR count). The lowest BCUT2D eigenvalue weighted by molar-refractivity contribution is 0.103. The normalized spacial score (nSPS) is 16.7. The van der Waals surface area contributed by atoms with Crippen LogP contribution in [-0.4, -0.2) is 10.8 Å². The van der Waals surface area contributed by atoms with Gasteiger partial charge in [0.25, 0.3) is 0 Å². The molecule has 2 N–H and O–H groups in total. The molecule has 3 nitrogen and oxygen atoms in total. The summed E-state index contributed by atoms with van der Waals surface area (Å²) in [5.41, 5.74) is 8.32. The van der Waals surface area contributed by atoms with Crippen molar-refractivity contribution in [3.63, 3.8) is 0 Å². The number of hydrogen-bond donors (Lipinski definition) is 1. The van der Waals surface area contributed by atoms with Crippen molar-refractivity contribution in [1.82, 2.24) is 4.98 Å². The average molecular weight is 286 g/mol. The molecule has 20 heavy (non-hydrogen) atoms. The number of benzene rings is 1. The second-order valence-corrected chi connectivity index (χ2v) is 6.29. The zero-order valence-corrected chi connectivity index (χ0v) is 12.3. The SMILES string of the molecule is CC(N)c1nc(C(=O)c2ccccc2C2CCC2)cs1. The molecule has 2 aromatic rings. The Labute approximate surface area is 122 Å². The number of hydrogen-bond acceptors (Lipinski definition) is 4. The number of carbonyl (C=O) groups excluding carboxylic acids is 1. The second-order valence-electron chi connectivity index (χ2n) is 5.40. The van der Waals surface area contributed by atoms with Crippen molar-refractivity contribution in [2.45, 2.75) is 38.1 Å². The highest BCUT2D eigenvalue weighted by Crippen LogP contribution is 2.38. The van der Waals surface area contributed by atoms with E-state index in [1.165, 1.54) is 36.2 Å². The summed E-state index contributed by atoms with van der Waals surface area (Å²) in [5, 5.41) is 2.63. The molecule has 0 saturated heterocycles. The highest BCUT2D eigenvalue weighted by molar-refractivity contribution is 7.09. The fourth-order valence-electron chi connectivity index (χ4n) is 2.52. The molecule has 0 amide bonds. The molecule has 1 heterocycles. The van der Waals surface area contributed by atoms with Gasteiger partial charge in [0, 0.05) is 10.9 Å². The Bertz CT molecular complexity index is 629. The molecule has 1 saturated carbocycles. The Morgan fingerprint density at radius 2 is 2.15 bits per heavy atom. The zero-order chi connectivity index (χ0) is 14.1. The van der Waals surface area contributed by atoms with Crippen LogP contribution in [0.15, 0.2) is 29.6 Å². The smallest absolute Gasteiger partial charge is 0.212 e. The van der Waals surface area contributed by atoms with E-state index in [0.29, 0.717) is 11.6 Å². The molecule has 1 aromatic heterocycles.